The molecule has 0 saturated carbocycles. The second-order valence-corrected chi connectivity index (χ2v) is 3.42. The van der Waals surface area contributed by atoms with Gasteiger partial charge in [0.2, 0.25) is 5.91 Å². The average Bonchev–Trinajstić information content (AvgIpc) is 2.16. The normalized spacial score (nSPS) is 11.9. The Labute approximate surface area is 89.9 Å². The molecule has 0 saturated heterocycles. The third kappa shape index (κ3) is 5.90. The van der Waals surface area contributed by atoms with Crippen LogP contribution in [-0.4, -0.2) is 48.1 Å². The third-order valence-corrected chi connectivity index (χ3v) is 2.25. The van der Waals surface area contributed by atoms with Gasteiger partial charge in [-0.15, -0.1) is 0 Å². The molecule has 0 radical (unpaired) electrons. The number of guanidine groups is 1. The topological polar surface area (TPSA) is 105 Å². The summed E-state index contributed by atoms with van der Waals surface area (Å²) < 4.78 is 0. The largest absolute Gasteiger partial charge is 0.394 e. The third-order valence-electron chi connectivity index (χ3n) is 2.25. The van der Waals surface area contributed by atoms with Crippen LogP contribution < -0.4 is 11.5 Å². The van der Waals surface area contributed by atoms with E-state index in [4.69, 9.17) is 16.6 Å². The number of nitrogens with zero attached hydrogens (tertiary/aromatic N) is 2. The molecule has 1 atom stereocenters. The van der Waals surface area contributed by atoms with Crippen LogP contribution >= 0.6 is 0 Å². The van der Waals surface area contributed by atoms with Crippen LogP contribution in [0, 0.1) is 0 Å². The van der Waals surface area contributed by atoms with Crippen molar-refractivity contribution in [1.82, 2.24) is 4.90 Å². The molecule has 6 nitrogen and oxygen atoms in total. The van der Waals surface area contributed by atoms with Crippen LogP contribution in [0.25, 0.3) is 0 Å². The predicted octanol–water partition coefficient (Wildman–Crippen LogP) is -1.12. The molecule has 0 aliphatic rings. The smallest absolute Gasteiger partial charge is 0.219 e. The molecule has 0 spiro atoms. The fourth-order valence-corrected chi connectivity index (χ4v) is 1.20. The van der Waals surface area contributed by atoms with E-state index >= 15 is 0 Å². The molecule has 1 amide bonds. The molecule has 0 aliphatic carbocycles. The number of hydrogen-bond donors (Lipinski definition) is 3. The van der Waals surface area contributed by atoms with E-state index in [2.05, 4.69) is 4.99 Å². The number of hydrogen-bond acceptors (Lipinski definition) is 3. The van der Waals surface area contributed by atoms with Crippen LogP contribution in [-0.2, 0) is 4.79 Å². The van der Waals surface area contributed by atoms with Crippen molar-refractivity contribution < 1.29 is 9.90 Å². The van der Waals surface area contributed by atoms with Crippen molar-refractivity contribution in [3.05, 3.63) is 0 Å². The molecule has 0 heterocycles. The van der Waals surface area contributed by atoms with Gasteiger partial charge in [-0.05, 0) is 12.8 Å². The number of amides is 1. The summed E-state index contributed by atoms with van der Waals surface area (Å²) in [6.45, 7) is 1.95. The van der Waals surface area contributed by atoms with Gasteiger partial charge in [0.1, 0.15) is 0 Å². The first-order valence-electron chi connectivity index (χ1n) is 4.88. The Hall–Kier alpha value is -1.30. The number of carbonyl (C=O) groups is 1. The summed E-state index contributed by atoms with van der Waals surface area (Å²) in [5.41, 5.74) is 10.3. The second-order valence-electron chi connectivity index (χ2n) is 3.42. The Kier molecular flexibility index (Phi) is 6.44. The highest BCUT2D eigenvalue weighted by molar-refractivity contribution is 5.75. The van der Waals surface area contributed by atoms with E-state index in [1.165, 1.54) is 11.8 Å². The fourth-order valence-electron chi connectivity index (χ4n) is 1.20. The highest BCUT2D eigenvalue weighted by Gasteiger charge is 2.15. The van der Waals surface area contributed by atoms with Gasteiger partial charge in [0, 0.05) is 20.5 Å². The zero-order valence-corrected chi connectivity index (χ0v) is 9.31. The summed E-state index contributed by atoms with van der Waals surface area (Å²) in [4.78, 5) is 16.4. The zero-order chi connectivity index (χ0) is 11.8. The molecule has 88 valence electrons. The van der Waals surface area contributed by atoms with Gasteiger partial charge in [0.15, 0.2) is 5.96 Å². The van der Waals surface area contributed by atoms with E-state index in [0.29, 0.717) is 13.0 Å². The Balaban J connectivity index is 3.90. The Morgan fingerprint density at radius 2 is 2.13 bits per heavy atom. The summed E-state index contributed by atoms with van der Waals surface area (Å²) in [6, 6.07) is -0.156. The Bertz CT molecular complexity index is 226. The number of aliphatic hydroxyl groups excluding tert-OH is 1. The van der Waals surface area contributed by atoms with E-state index in [0.717, 1.165) is 6.42 Å². The molecular weight excluding hydrogens is 196 g/mol. The van der Waals surface area contributed by atoms with Crippen molar-refractivity contribution >= 4 is 11.9 Å². The highest BCUT2D eigenvalue weighted by Crippen LogP contribution is 2.05. The molecule has 15 heavy (non-hydrogen) atoms. The number of carbonyl (C=O) groups excluding carboxylic acids is 1. The van der Waals surface area contributed by atoms with Crippen LogP contribution in [0.2, 0.25) is 0 Å². The molecule has 5 N–H and O–H groups in total. The van der Waals surface area contributed by atoms with E-state index in [1.54, 1.807) is 7.05 Å². The molecule has 0 aromatic carbocycles. The SMILES string of the molecule is CC(=O)N(C)[C@H](CO)CCCN=C(N)N. The van der Waals surface area contributed by atoms with Gasteiger partial charge in [0.05, 0.1) is 12.6 Å². The maximum Gasteiger partial charge on any atom is 0.219 e. The van der Waals surface area contributed by atoms with Crippen LogP contribution in [0.15, 0.2) is 4.99 Å². The van der Waals surface area contributed by atoms with Gasteiger partial charge < -0.3 is 21.5 Å². The van der Waals surface area contributed by atoms with Crippen LogP contribution in [0.1, 0.15) is 19.8 Å². The van der Waals surface area contributed by atoms with E-state index in [9.17, 15) is 4.79 Å². The van der Waals surface area contributed by atoms with Crippen molar-refractivity contribution in [3.63, 3.8) is 0 Å². The van der Waals surface area contributed by atoms with E-state index in [-0.39, 0.29) is 24.5 Å². The quantitative estimate of drug-likeness (QED) is 0.297. The van der Waals surface area contributed by atoms with Gasteiger partial charge in [-0.3, -0.25) is 9.79 Å². The van der Waals surface area contributed by atoms with Crippen molar-refractivity contribution in [2.45, 2.75) is 25.8 Å². The lowest BCUT2D eigenvalue weighted by Gasteiger charge is -2.25. The minimum atomic E-state index is -0.156. The molecular formula is C9H20N4O2. The average molecular weight is 216 g/mol. The molecule has 0 bridgehead atoms. The fraction of sp³-hybridized carbons (Fsp3) is 0.778. The number of aliphatic imine (C=N–C) groups is 1. The highest BCUT2D eigenvalue weighted by atomic mass is 16.3. The number of rotatable bonds is 6. The molecule has 6 heteroatoms. The first kappa shape index (κ1) is 13.7. The monoisotopic (exact) mass is 216 g/mol. The van der Waals surface area contributed by atoms with Crippen LogP contribution in [0.4, 0.5) is 0 Å². The minimum Gasteiger partial charge on any atom is -0.394 e. The molecule has 0 aromatic heterocycles. The molecule has 0 aromatic rings. The lowest BCUT2D eigenvalue weighted by Crippen LogP contribution is -2.38. The molecule has 0 rings (SSSR count). The van der Waals surface area contributed by atoms with Crippen molar-refractivity contribution in [2.24, 2.45) is 16.5 Å². The lowest BCUT2D eigenvalue weighted by atomic mass is 10.1. The molecule has 0 fully saturated rings. The van der Waals surface area contributed by atoms with Gasteiger partial charge in [-0.1, -0.05) is 0 Å². The lowest BCUT2D eigenvalue weighted by molar-refractivity contribution is -0.130. The standard InChI is InChI=1S/C9H20N4O2/c1-7(15)13(2)8(6-14)4-3-5-12-9(10)11/h8,14H,3-6H2,1-2H3,(H4,10,11,12)/t8-/m0/s1. The van der Waals surface area contributed by atoms with Crippen LogP contribution in [0.3, 0.4) is 0 Å². The maximum atomic E-state index is 11.0. The van der Waals surface area contributed by atoms with Gasteiger partial charge in [-0.2, -0.15) is 0 Å². The van der Waals surface area contributed by atoms with Crippen molar-refractivity contribution in [3.8, 4) is 0 Å². The number of aliphatic hydroxyl groups is 1. The van der Waals surface area contributed by atoms with E-state index in [1.807, 2.05) is 0 Å². The summed E-state index contributed by atoms with van der Waals surface area (Å²) >= 11 is 0. The van der Waals surface area contributed by atoms with E-state index < -0.39 is 0 Å². The zero-order valence-electron chi connectivity index (χ0n) is 9.31. The Morgan fingerprint density at radius 3 is 2.53 bits per heavy atom. The number of likely N-dealkylation sites (N-methyl/N-ethyl adjacent to an activating group) is 1. The van der Waals surface area contributed by atoms with Crippen molar-refractivity contribution in [2.75, 3.05) is 20.2 Å². The van der Waals surface area contributed by atoms with Crippen molar-refractivity contribution in [1.29, 1.82) is 0 Å². The summed E-state index contributed by atoms with van der Waals surface area (Å²) in [5.74, 6) is 0.00589. The van der Waals surface area contributed by atoms with Crippen LogP contribution in [0.5, 0.6) is 0 Å². The first-order valence-corrected chi connectivity index (χ1v) is 4.88. The Morgan fingerprint density at radius 1 is 1.53 bits per heavy atom. The molecule has 0 aliphatic heterocycles. The van der Waals surface area contributed by atoms with Gasteiger partial charge in [0.25, 0.3) is 0 Å². The molecule has 0 unspecified atom stereocenters. The first-order chi connectivity index (χ1) is 6.99. The summed E-state index contributed by atoms with van der Waals surface area (Å²) in [5, 5.41) is 9.07. The maximum absolute atomic E-state index is 11.0. The number of nitrogens with two attached hydrogens (primary N) is 2. The summed E-state index contributed by atoms with van der Waals surface area (Å²) in [7, 11) is 1.67. The summed E-state index contributed by atoms with van der Waals surface area (Å²) in [6.07, 6.45) is 1.42. The van der Waals surface area contributed by atoms with Gasteiger partial charge >= 0.3 is 0 Å². The minimum absolute atomic E-state index is 0.0437. The predicted molar refractivity (Wildman–Crippen MR) is 59.2 cm³/mol. The second kappa shape index (κ2) is 7.05. The van der Waals surface area contributed by atoms with Gasteiger partial charge in [-0.25, -0.2) is 0 Å².